The summed E-state index contributed by atoms with van der Waals surface area (Å²) in [4.78, 5) is 20.7. The minimum absolute atomic E-state index is 0.151. The number of nitrogens with two attached hydrogens (primary N) is 3. The van der Waals surface area contributed by atoms with Gasteiger partial charge in [-0.1, -0.05) is 0 Å². The van der Waals surface area contributed by atoms with Gasteiger partial charge in [-0.25, -0.2) is 0 Å². The molecule has 0 aromatic carbocycles. The van der Waals surface area contributed by atoms with Gasteiger partial charge in [-0.05, 0) is 12.8 Å². The molecule has 0 bridgehead atoms. The summed E-state index contributed by atoms with van der Waals surface area (Å²) in [6, 6.07) is -1.42. The number of rotatable bonds is 8. The van der Waals surface area contributed by atoms with E-state index in [0.29, 0.717) is 12.8 Å². The molecular formula is C9H19N3O4. The zero-order valence-electron chi connectivity index (χ0n) is 9.00. The Bertz CT molecular complexity index is 223. The highest BCUT2D eigenvalue weighted by Gasteiger charge is 2.16. The zero-order valence-corrected chi connectivity index (χ0v) is 9.00. The Morgan fingerprint density at radius 2 is 1.12 bits per heavy atom. The molecule has 0 spiro atoms. The molecule has 0 aromatic rings. The molecule has 7 nitrogen and oxygen atoms in total. The largest absolute Gasteiger partial charge is 0.481 e. The van der Waals surface area contributed by atoms with E-state index >= 15 is 0 Å². The van der Waals surface area contributed by atoms with Crippen LogP contribution in [0.5, 0.6) is 0 Å². The van der Waals surface area contributed by atoms with Crippen molar-refractivity contribution < 1.29 is 19.8 Å². The van der Waals surface area contributed by atoms with Crippen LogP contribution in [0.1, 0.15) is 25.7 Å². The fraction of sp³-hybridized carbons (Fsp3) is 0.778. The molecule has 0 saturated heterocycles. The molecule has 0 rings (SSSR count). The second-order valence-electron chi connectivity index (χ2n) is 3.95. The molecule has 94 valence electrons. The molecule has 0 saturated carbocycles. The maximum Gasteiger partial charge on any atom is 0.304 e. The predicted molar refractivity (Wildman–Crippen MR) is 57.7 cm³/mol. The molecule has 0 amide bonds. The minimum Gasteiger partial charge on any atom is -0.481 e. The first-order chi connectivity index (χ1) is 7.31. The lowest BCUT2D eigenvalue weighted by Gasteiger charge is -2.18. The Morgan fingerprint density at radius 3 is 1.38 bits per heavy atom. The molecule has 0 heterocycles. The molecular weight excluding hydrogens is 214 g/mol. The van der Waals surface area contributed by atoms with Crippen molar-refractivity contribution in [2.45, 2.75) is 43.8 Å². The summed E-state index contributed by atoms with van der Waals surface area (Å²) in [5, 5.41) is 16.9. The standard InChI is InChI=1S/C9H19N3O4/c10-5(1-6(11)3-8(13)14)2-7(12)4-9(15)16/h5-7H,1-4,10-12H2,(H,13,14)(H,15,16). The molecule has 7 heteroatoms. The van der Waals surface area contributed by atoms with Gasteiger partial charge >= 0.3 is 11.9 Å². The van der Waals surface area contributed by atoms with E-state index in [0.717, 1.165) is 0 Å². The van der Waals surface area contributed by atoms with Crippen molar-refractivity contribution in [2.24, 2.45) is 17.2 Å². The highest BCUT2D eigenvalue weighted by molar-refractivity contribution is 5.67. The van der Waals surface area contributed by atoms with Crippen LogP contribution in [0.2, 0.25) is 0 Å². The second kappa shape index (κ2) is 7.15. The maximum atomic E-state index is 10.3. The number of hydrogen-bond donors (Lipinski definition) is 5. The molecule has 2 unspecified atom stereocenters. The summed E-state index contributed by atoms with van der Waals surface area (Å²) in [7, 11) is 0. The van der Waals surface area contributed by atoms with Crippen LogP contribution in [-0.4, -0.2) is 40.3 Å². The van der Waals surface area contributed by atoms with Gasteiger partial charge in [-0.15, -0.1) is 0 Å². The van der Waals surface area contributed by atoms with Crippen molar-refractivity contribution in [3.05, 3.63) is 0 Å². The van der Waals surface area contributed by atoms with Crippen molar-refractivity contribution >= 4 is 11.9 Å². The van der Waals surface area contributed by atoms with E-state index in [2.05, 4.69) is 0 Å². The first-order valence-electron chi connectivity index (χ1n) is 5.01. The van der Waals surface area contributed by atoms with E-state index in [9.17, 15) is 9.59 Å². The van der Waals surface area contributed by atoms with Crippen molar-refractivity contribution in [2.75, 3.05) is 0 Å². The maximum absolute atomic E-state index is 10.3. The van der Waals surface area contributed by atoms with Crippen molar-refractivity contribution in [3.63, 3.8) is 0 Å². The Kier molecular flexibility index (Phi) is 6.63. The zero-order chi connectivity index (χ0) is 12.7. The lowest BCUT2D eigenvalue weighted by molar-refractivity contribution is -0.138. The SMILES string of the molecule is NC(CC(=O)O)CC(N)CC(N)CC(=O)O. The Hall–Kier alpha value is -1.18. The van der Waals surface area contributed by atoms with Gasteiger partial charge in [-0.2, -0.15) is 0 Å². The van der Waals surface area contributed by atoms with E-state index in [1.807, 2.05) is 0 Å². The number of hydrogen-bond acceptors (Lipinski definition) is 5. The lowest BCUT2D eigenvalue weighted by Crippen LogP contribution is -2.38. The van der Waals surface area contributed by atoms with Gasteiger partial charge in [0.15, 0.2) is 0 Å². The average Bonchev–Trinajstić information content (AvgIpc) is 1.97. The molecule has 8 N–H and O–H groups in total. The minimum atomic E-state index is -0.977. The molecule has 2 atom stereocenters. The Labute approximate surface area is 93.6 Å². The van der Waals surface area contributed by atoms with Crippen molar-refractivity contribution in [3.8, 4) is 0 Å². The molecule has 16 heavy (non-hydrogen) atoms. The number of aliphatic carboxylic acids is 2. The van der Waals surface area contributed by atoms with Crippen LogP contribution >= 0.6 is 0 Å². The summed E-state index contributed by atoms with van der Waals surface area (Å²) in [5.41, 5.74) is 16.8. The lowest BCUT2D eigenvalue weighted by atomic mass is 9.98. The topological polar surface area (TPSA) is 153 Å². The summed E-state index contributed by atoms with van der Waals surface area (Å²) in [6.45, 7) is 0. The summed E-state index contributed by atoms with van der Waals surface area (Å²) < 4.78 is 0. The molecule has 0 fully saturated rings. The first-order valence-corrected chi connectivity index (χ1v) is 5.01. The van der Waals surface area contributed by atoms with Crippen LogP contribution in [0.3, 0.4) is 0 Å². The quantitative estimate of drug-likeness (QED) is 0.349. The molecule has 0 radical (unpaired) electrons. The van der Waals surface area contributed by atoms with Crippen molar-refractivity contribution in [1.82, 2.24) is 0 Å². The van der Waals surface area contributed by atoms with Gasteiger partial charge in [-0.3, -0.25) is 9.59 Å². The summed E-state index contributed by atoms with van der Waals surface area (Å²) in [6.07, 6.45) is 0.336. The Morgan fingerprint density at radius 1 is 0.812 bits per heavy atom. The number of carboxylic acid groups (broad SMARTS) is 2. The number of carbonyl (C=O) groups is 2. The molecule has 0 aliphatic heterocycles. The van der Waals surface area contributed by atoms with Gasteiger partial charge in [0.2, 0.25) is 0 Å². The molecule has 0 aliphatic rings. The van der Waals surface area contributed by atoms with Gasteiger partial charge in [0.05, 0.1) is 12.8 Å². The van der Waals surface area contributed by atoms with Gasteiger partial charge in [0.1, 0.15) is 0 Å². The second-order valence-corrected chi connectivity index (χ2v) is 3.95. The van der Waals surface area contributed by atoms with Crippen LogP contribution in [-0.2, 0) is 9.59 Å². The van der Waals surface area contributed by atoms with Crippen LogP contribution in [0.25, 0.3) is 0 Å². The third-order valence-electron chi connectivity index (χ3n) is 2.08. The number of carboxylic acids is 2. The van der Waals surface area contributed by atoms with Gasteiger partial charge < -0.3 is 27.4 Å². The highest BCUT2D eigenvalue weighted by atomic mass is 16.4. The fourth-order valence-electron chi connectivity index (χ4n) is 1.49. The molecule has 0 aliphatic carbocycles. The van der Waals surface area contributed by atoms with Crippen LogP contribution < -0.4 is 17.2 Å². The van der Waals surface area contributed by atoms with Crippen molar-refractivity contribution in [1.29, 1.82) is 0 Å². The van der Waals surface area contributed by atoms with E-state index in [-0.39, 0.29) is 18.9 Å². The highest BCUT2D eigenvalue weighted by Crippen LogP contribution is 2.05. The third kappa shape index (κ3) is 8.16. The Balaban J connectivity index is 3.84. The smallest absolute Gasteiger partial charge is 0.304 e. The third-order valence-corrected chi connectivity index (χ3v) is 2.08. The van der Waals surface area contributed by atoms with E-state index in [1.165, 1.54) is 0 Å². The first kappa shape index (κ1) is 14.8. The summed E-state index contributed by atoms with van der Waals surface area (Å²) in [5.74, 6) is -1.95. The summed E-state index contributed by atoms with van der Waals surface area (Å²) >= 11 is 0. The molecule has 0 aromatic heterocycles. The van der Waals surface area contributed by atoms with Crippen LogP contribution in [0.4, 0.5) is 0 Å². The normalized spacial score (nSPS) is 16.4. The van der Waals surface area contributed by atoms with Gasteiger partial charge in [0.25, 0.3) is 0 Å². The van der Waals surface area contributed by atoms with Crippen LogP contribution in [0.15, 0.2) is 0 Å². The fourth-order valence-corrected chi connectivity index (χ4v) is 1.49. The van der Waals surface area contributed by atoms with Crippen LogP contribution in [0, 0.1) is 0 Å². The van der Waals surface area contributed by atoms with E-state index in [4.69, 9.17) is 27.4 Å². The van der Waals surface area contributed by atoms with Gasteiger partial charge in [0, 0.05) is 18.1 Å². The van der Waals surface area contributed by atoms with E-state index in [1.54, 1.807) is 0 Å². The average molecular weight is 233 g/mol. The van der Waals surface area contributed by atoms with E-state index < -0.39 is 24.0 Å². The monoisotopic (exact) mass is 233 g/mol. The predicted octanol–water partition coefficient (Wildman–Crippen LogP) is -1.30.